The number of nitrogens with two attached hydrogens (primary N) is 1. The molecule has 1 fully saturated rings. The lowest BCUT2D eigenvalue weighted by Crippen LogP contribution is -2.23. The summed E-state index contributed by atoms with van der Waals surface area (Å²) < 4.78 is 37.0. The zero-order chi connectivity index (χ0) is 12.5. The molecular weight excluding hydrogens is 231 g/mol. The fourth-order valence-electron chi connectivity index (χ4n) is 1.97. The minimum Gasteiger partial charge on any atom is -0.356 e. The first-order valence-corrected chi connectivity index (χ1v) is 5.49. The van der Waals surface area contributed by atoms with Crippen molar-refractivity contribution in [2.45, 2.75) is 12.6 Å². The summed E-state index contributed by atoms with van der Waals surface area (Å²) in [4.78, 5) is 5.83. The number of hydrogen-bond acceptors (Lipinski definition) is 3. The third-order valence-corrected chi connectivity index (χ3v) is 3.02. The van der Waals surface area contributed by atoms with E-state index in [1.54, 1.807) is 0 Å². The monoisotopic (exact) mass is 245 g/mol. The van der Waals surface area contributed by atoms with Crippen LogP contribution < -0.4 is 10.6 Å². The molecule has 0 radical (unpaired) electrons. The molecule has 0 saturated carbocycles. The highest BCUT2D eigenvalue weighted by molar-refractivity contribution is 5.41. The van der Waals surface area contributed by atoms with E-state index in [4.69, 9.17) is 5.73 Å². The van der Waals surface area contributed by atoms with E-state index in [1.807, 2.05) is 4.90 Å². The van der Waals surface area contributed by atoms with Crippen LogP contribution in [0.2, 0.25) is 0 Å². The Labute approximate surface area is 97.4 Å². The maximum atomic E-state index is 12.3. The molecule has 1 saturated heterocycles. The Morgan fingerprint density at radius 2 is 2.18 bits per heavy atom. The van der Waals surface area contributed by atoms with Gasteiger partial charge < -0.3 is 10.6 Å². The molecule has 2 heterocycles. The number of rotatable bonds is 2. The third kappa shape index (κ3) is 2.69. The van der Waals surface area contributed by atoms with Gasteiger partial charge in [-0.15, -0.1) is 0 Å². The molecule has 1 unspecified atom stereocenters. The molecule has 1 aliphatic rings. The van der Waals surface area contributed by atoms with Crippen molar-refractivity contribution in [3.05, 3.63) is 23.9 Å². The van der Waals surface area contributed by atoms with Gasteiger partial charge in [0.2, 0.25) is 0 Å². The Kier molecular flexibility index (Phi) is 3.24. The molecule has 0 amide bonds. The van der Waals surface area contributed by atoms with Crippen LogP contribution in [-0.4, -0.2) is 24.6 Å². The summed E-state index contributed by atoms with van der Waals surface area (Å²) in [6.45, 7) is 2.19. The molecule has 0 aromatic carbocycles. The summed E-state index contributed by atoms with van der Waals surface area (Å²) in [6, 6.07) is 2.49. The van der Waals surface area contributed by atoms with Gasteiger partial charge in [0, 0.05) is 19.3 Å². The molecular formula is C11H14F3N3. The summed E-state index contributed by atoms with van der Waals surface area (Å²) in [5.41, 5.74) is 4.85. The van der Waals surface area contributed by atoms with Crippen LogP contribution in [0.1, 0.15) is 12.0 Å². The van der Waals surface area contributed by atoms with E-state index >= 15 is 0 Å². The standard InChI is InChI=1S/C11H14F3N3/c12-11(13,14)9-1-2-10(16-6-9)17-4-3-8(5-15)7-17/h1-2,6,8H,3-5,7,15H2. The maximum Gasteiger partial charge on any atom is 0.417 e. The second-order valence-corrected chi connectivity index (χ2v) is 4.24. The van der Waals surface area contributed by atoms with Crippen molar-refractivity contribution in [2.75, 3.05) is 24.5 Å². The quantitative estimate of drug-likeness (QED) is 0.865. The van der Waals surface area contributed by atoms with Gasteiger partial charge in [-0.3, -0.25) is 0 Å². The summed E-state index contributed by atoms with van der Waals surface area (Å²) in [5.74, 6) is 1.01. The van der Waals surface area contributed by atoms with Crippen LogP contribution in [0, 0.1) is 5.92 Å². The van der Waals surface area contributed by atoms with Crippen molar-refractivity contribution in [1.82, 2.24) is 4.98 Å². The van der Waals surface area contributed by atoms with E-state index < -0.39 is 11.7 Å². The van der Waals surface area contributed by atoms with Crippen LogP contribution >= 0.6 is 0 Å². The van der Waals surface area contributed by atoms with E-state index in [-0.39, 0.29) is 0 Å². The van der Waals surface area contributed by atoms with Crippen molar-refractivity contribution in [1.29, 1.82) is 0 Å². The number of alkyl halides is 3. The maximum absolute atomic E-state index is 12.3. The molecule has 1 aromatic heterocycles. The van der Waals surface area contributed by atoms with Crippen molar-refractivity contribution in [3.8, 4) is 0 Å². The lowest BCUT2D eigenvalue weighted by molar-refractivity contribution is -0.137. The van der Waals surface area contributed by atoms with Crippen molar-refractivity contribution >= 4 is 5.82 Å². The summed E-state index contributed by atoms with van der Waals surface area (Å²) in [5, 5.41) is 0. The number of halogens is 3. The van der Waals surface area contributed by atoms with E-state index in [2.05, 4.69) is 4.98 Å². The van der Waals surface area contributed by atoms with Crippen LogP contribution in [0.3, 0.4) is 0 Å². The molecule has 17 heavy (non-hydrogen) atoms. The van der Waals surface area contributed by atoms with Gasteiger partial charge in [-0.2, -0.15) is 13.2 Å². The number of aromatic nitrogens is 1. The van der Waals surface area contributed by atoms with Gasteiger partial charge in [0.15, 0.2) is 0 Å². The second kappa shape index (κ2) is 4.52. The minimum absolute atomic E-state index is 0.416. The summed E-state index contributed by atoms with van der Waals surface area (Å²) in [7, 11) is 0. The molecule has 1 atom stereocenters. The molecule has 2 rings (SSSR count). The SMILES string of the molecule is NCC1CCN(c2ccc(C(F)(F)F)cn2)C1. The fraction of sp³-hybridized carbons (Fsp3) is 0.545. The Morgan fingerprint density at radius 1 is 1.41 bits per heavy atom. The highest BCUT2D eigenvalue weighted by Crippen LogP contribution is 2.30. The van der Waals surface area contributed by atoms with Crippen LogP contribution in [0.4, 0.5) is 19.0 Å². The first-order valence-electron chi connectivity index (χ1n) is 5.49. The van der Waals surface area contributed by atoms with Crippen molar-refractivity contribution in [2.24, 2.45) is 11.7 Å². The van der Waals surface area contributed by atoms with E-state index in [1.165, 1.54) is 6.07 Å². The highest BCUT2D eigenvalue weighted by Gasteiger charge is 2.31. The normalized spacial score (nSPS) is 20.9. The molecule has 1 aromatic rings. The first kappa shape index (κ1) is 12.2. The number of pyridine rings is 1. The van der Waals surface area contributed by atoms with Crippen LogP contribution in [-0.2, 0) is 6.18 Å². The second-order valence-electron chi connectivity index (χ2n) is 4.24. The van der Waals surface area contributed by atoms with Gasteiger partial charge in [-0.1, -0.05) is 0 Å². The largest absolute Gasteiger partial charge is 0.417 e. The predicted octanol–water partition coefficient (Wildman–Crippen LogP) is 1.89. The Hall–Kier alpha value is -1.30. The minimum atomic E-state index is -4.32. The Bertz CT molecular complexity index is 375. The Morgan fingerprint density at radius 3 is 2.65 bits per heavy atom. The predicted molar refractivity (Wildman–Crippen MR) is 58.6 cm³/mol. The van der Waals surface area contributed by atoms with Gasteiger partial charge in [0.05, 0.1) is 5.56 Å². The van der Waals surface area contributed by atoms with Crippen LogP contribution in [0.15, 0.2) is 18.3 Å². The average molecular weight is 245 g/mol. The summed E-state index contributed by atoms with van der Waals surface area (Å²) in [6.07, 6.45) is -2.47. The lowest BCUT2D eigenvalue weighted by atomic mass is 10.1. The first-order chi connectivity index (χ1) is 8.00. The lowest BCUT2D eigenvalue weighted by Gasteiger charge is -2.17. The molecule has 0 aliphatic carbocycles. The molecule has 3 nitrogen and oxygen atoms in total. The van der Waals surface area contributed by atoms with Crippen LogP contribution in [0.5, 0.6) is 0 Å². The summed E-state index contributed by atoms with van der Waals surface area (Å²) >= 11 is 0. The van der Waals surface area contributed by atoms with Gasteiger partial charge in [0.25, 0.3) is 0 Å². The van der Waals surface area contributed by atoms with Crippen molar-refractivity contribution in [3.63, 3.8) is 0 Å². The molecule has 0 bridgehead atoms. The highest BCUT2D eigenvalue weighted by atomic mass is 19.4. The zero-order valence-electron chi connectivity index (χ0n) is 9.24. The van der Waals surface area contributed by atoms with E-state index in [9.17, 15) is 13.2 Å². The van der Waals surface area contributed by atoms with Crippen molar-refractivity contribution < 1.29 is 13.2 Å². The number of nitrogens with zero attached hydrogens (tertiary/aromatic N) is 2. The number of anilines is 1. The smallest absolute Gasteiger partial charge is 0.356 e. The molecule has 0 spiro atoms. The Balaban J connectivity index is 2.09. The third-order valence-electron chi connectivity index (χ3n) is 3.02. The average Bonchev–Trinajstić information content (AvgIpc) is 2.76. The molecule has 2 N–H and O–H groups in total. The van der Waals surface area contributed by atoms with Gasteiger partial charge in [0.1, 0.15) is 5.82 Å². The molecule has 1 aliphatic heterocycles. The van der Waals surface area contributed by atoms with Crippen LogP contribution in [0.25, 0.3) is 0 Å². The van der Waals surface area contributed by atoms with Gasteiger partial charge >= 0.3 is 6.18 Å². The molecule has 94 valence electrons. The topological polar surface area (TPSA) is 42.1 Å². The fourth-order valence-corrected chi connectivity index (χ4v) is 1.97. The zero-order valence-corrected chi connectivity index (χ0v) is 9.24. The number of hydrogen-bond donors (Lipinski definition) is 1. The van der Waals surface area contributed by atoms with Gasteiger partial charge in [-0.25, -0.2) is 4.98 Å². The molecule has 6 heteroatoms. The van der Waals surface area contributed by atoms with E-state index in [0.29, 0.717) is 18.3 Å². The van der Waals surface area contributed by atoms with E-state index in [0.717, 1.165) is 31.8 Å². The van der Waals surface area contributed by atoms with Gasteiger partial charge in [-0.05, 0) is 31.0 Å².